The van der Waals surface area contributed by atoms with Crippen molar-refractivity contribution in [2.24, 2.45) is 0 Å². The third-order valence-electron chi connectivity index (χ3n) is 3.55. The molecule has 3 nitrogen and oxygen atoms in total. The Morgan fingerprint density at radius 1 is 0.870 bits per heavy atom. The minimum Gasteiger partial charge on any atom is -0.383 e. The van der Waals surface area contributed by atoms with E-state index in [0.717, 1.165) is 30.6 Å². The lowest BCUT2D eigenvalue weighted by Gasteiger charge is -2.09. The normalized spacial score (nSPS) is 10.1. The number of amides is 1. The van der Waals surface area contributed by atoms with Crippen LogP contribution in [0.15, 0.2) is 72.8 Å². The smallest absolute Gasteiger partial charge is 0.220 e. The number of nitrogens with one attached hydrogen (secondary N) is 2. The highest BCUT2D eigenvalue weighted by atomic mass is 16.1. The Balaban J connectivity index is 1.57. The third-order valence-corrected chi connectivity index (χ3v) is 3.55. The molecule has 0 unspecified atom stereocenters. The van der Waals surface area contributed by atoms with Gasteiger partial charge in [0.1, 0.15) is 0 Å². The monoisotopic (exact) mass is 308 g/mol. The lowest BCUT2D eigenvalue weighted by Crippen LogP contribution is -2.28. The summed E-state index contributed by atoms with van der Waals surface area (Å²) in [6.45, 7) is 5.41. The van der Waals surface area contributed by atoms with Crippen LogP contribution in [0.1, 0.15) is 18.4 Å². The Morgan fingerprint density at radius 3 is 2.22 bits per heavy atom. The second-order valence-electron chi connectivity index (χ2n) is 5.56. The third kappa shape index (κ3) is 6.83. The predicted octanol–water partition coefficient (Wildman–Crippen LogP) is 3.79. The highest BCUT2D eigenvalue weighted by molar-refractivity contribution is 5.76. The molecule has 0 heterocycles. The fourth-order valence-corrected chi connectivity index (χ4v) is 2.32. The average molecular weight is 308 g/mol. The van der Waals surface area contributed by atoms with Crippen LogP contribution in [-0.4, -0.2) is 19.0 Å². The van der Waals surface area contributed by atoms with E-state index >= 15 is 0 Å². The van der Waals surface area contributed by atoms with Crippen LogP contribution in [-0.2, 0) is 11.2 Å². The maximum atomic E-state index is 11.8. The number of carbonyl (C=O) groups is 1. The van der Waals surface area contributed by atoms with Crippen LogP contribution >= 0.6 is 0 Å². The number of rotatable bonds is 9. The molecule has 0 saturated heterocycles. The first-order valence-corrected chi connectivity index (χ1v) is 8.00. The van der Waals surface area contributed by atoms with Gasteiger partial charge in [0.2, 0.25) is 5.91 Å². The van der Waals surface area contributed by atoms with Crippen molar-refractivity contribution in [3.05, 3.63) is 78.4 Å². The molecule has 0 bridgehead atoms. The van der Waals surface area contributed by atoms with E-state index in [2.05, 4.69) is 29.3 Å². The number of benzene rings is 2. The fraction of sp³-hybridized carbons (Fsp3) is 0.250. The van der Waals surface area contributed by atoms with Crippen molar-refractivity contribution in [2.45, 2.75) is 19.3 Å². The van der Waals surface area contributed by atoms with E-state index in [9.17, 15) is 4.79 Å². The number of carbonyl (C=O) groups excluding carboxylic acids is 1. The summed E-state index contributed by atoms with van der Waals surface area (Å²) in [4.78, 5) is 11.8. The fourth-order valence-electron chi connectivity index (χ4n) is 2.32. The van der Waals surface area contributed by atoms with Gasteiger partial charge in [0.15, 0.2) is 0 Å². The molecule has 120 valence electrons. The molecule has 0 atom stereocenters. The van der Waals surface area contributed by atoms with Gasteiger partial charge in [-0.05, 0) is 30.5 Å². The van der Waals surface area contributed by atoms with Gasteiger partial charge < -0.3 is 10.6 Å². The van der Waals surface area contributed by atoms with Crippen molar-refractivity contribution < 1.29 is 4.79 Å². The lowest BCUT2D eigenvalue weighted by atomic mass is 10.0. The summed E-state index contributed by atoms with van der Waals surface area (Å²) >= 11 is 0. The van der Waals surface area contributed by atoms with Crippen molar-refractivity contribution in [3.63, 3.8) is 0 Å². The molecule has 2 aromatic rings. The standard InChI is InChI=1S/C20H24N2O/c1-17(16-18-8-4-2-5-9-18)12-13-20(23)22-15-14-21-19-10-6-3-7-11-19/h2-11,21H,1,12-16H2,(H,22,23). The molecule has 0 fully saturated rings. The first kappa shape index (κ1) is 16.8. The van der Waals surface area contributed by atoms with Crippen LogP contribution in [0.2, 0.25) is 0 Å². The van der Waals surface area contributed by atoms with Gasteiger partial charge in [-0.25, -0.2) is 0 Å². The minimum atomic E-state index is 0.0778. The number of hydrogen-bond acceptors (Lipinski definition) is 2. The molecule has 0 aliphatic heterocycles. The lowest BCUT2D eigenvalue weighted by molar-refractivity contribution is -0.120. The zero-order valence-corrected chi connectivity index (χ0v) is 13.4. The second kappa shape index (κ2) is 9.46. The zero-order chi connectivity index (χ0) is 16.3. The molecule has 2 aromatic carbocycles. The molecule has 0 aliphatic carbocycles. The molecule has 0 spiro atoms. The Morgan fingerprint density at radius 2 is 1.52 bits per heavy atom. The summed E-state index contributed by atoms with van der Waals surface area (Å²) in [7, 11) is 0. The van der Waals surface area contributed by atoms with E-state index in [1.54, 1.807) is 0 Å². The molecule has 1 amide bonds. The maximum Gasteiger partial charge on any atom is 0.220 e. The first-order chi connectivity index (χ1) is 11.2. The molecular formula is C20H24N2O. The maximum absolute atomic E-state index is 11.8. The molecule has 23 heavy (non-hydrogen) atoms. The van der Waals surface area contributed by atoms with Gasteiger partial charge in [0, 0.05) is 25.2 Å². The number of para-hydroxylation sites is 1. The van der Waals surface area contributed by atoms with E-state index in [0.29, 0.717) is 13.0 Å². The summed E-state index contributed by atoms with van der Waals surface area (Å²) in [6.07, 6.45) is 2.06. The van der Waals surface area contributed by atoms with Crippen molar-refractivity contribution in [1.29, 1.82) is 0 Å². The molecule has 3 heteroatoms. The van der Waals surface area contributed by atoms with Crippen LogP contribution in [0.25, 0.3) is 0 Å². The molecular weight excluding hydrogens is 284 g/mol. The van der Waals surface area contributed by atoms with Gasteiger partial charge in [-0.1, -0.05) is 60.7 Å². The Labute approximate surface area is 138 Å². The second-order valence-corrected chi connectivity index (χ2v) is 5.56. The summed E-state index contributed by atoms with van der Waals surface area (Å²) in [5, 5.41) is 6.19. The molecule has 0 radical (unpaired) electrons. The van der Waals surface area contributed by atoms with Gasteiger partial charge in [0.05, 0.1) is 0 Å². The molecule has 0 aliphatic rings. The Hall–Kier alpha value is -2.55. The van der Waals surface area contributed by atoms with Crippen LogP contribution in [0.4, 0.5) is 5.69 Å². The average Bonchev–Trinajstić information content (AvgIpc) is 2.59. The summed E-state index contributed by atoms with van der Waals surface area (Å²) < 4.78 is 0. The number of anilines is 1. The summed E-state index contributed by atoms with van der Waals surface area (Å²) in [5.41, 5.74) is 3.40. The molecule has 2 N–H and O–H groups in total. The van der Waals surface area contributed by atoms with Gasteiger partial charge in [-0.15, -0.1) is 0 Å². The van der Waals surface area contributed by atoms with E-state index in [-0.39, 0.29) is 5.91 Å². The quantitative estimate of drug-likeness (QED) is 0.546. The van der Waals surface area contributed by atoms with Crippen molar-refractivity contribution in [1.82, 2.24) is 5.32 Å². The van der Waals surface area contributed by atoms with Gasteiger partial charge in [0.25, 0.3) is 0 Å². The minimum absolute atomic E-state index is 0.0778. The number of hydrogen-bond donors (Lipinski definition) is 2. The van der Waals surface area contributed by atoms with Crippen LogP contribution in [0.5, 0.6) is 0 Å². The molecule has 2 rings (SSSR count). The van der Waals surface area contributed by atoms with Crippen LogP contribution < -0.4 is 10.6 Å². The van der Waals surface area contributed by atoms with E-state index in [1.165, 1.54) is 5.56 Å². The number of allylic oxidation sites excluding steroid dienone is 1. The SMILES string of the molecule is C=C(CCC(=O)NCCNc1ccccc1)Cc1ccccc1. The van der Waals surface area contributed by atoms with Crippen LogP contribution in [0, 0.1) is 0 Å². The topological polar surface area (TPSA) is 41.1 Å². The van der Waals surface area contributed by atoms with Crippen molar-refractivity contribution in [2.75, 3.05) is 18.4 Å². The van der Waals surface area contributed by atoms with Gasteiger partial charge in [-0.2, -0.15) is 0 Å². The largest absolute Gasteiger partial charge is 0.383 e. The van der Waals surface area contributed by atoms with Crippen LogP contribution in [0.3, 0.4) is 0 Å². The predicted molar refractivity (Wildman–Crippen MR) is 96.5 cm³/mol. The highest BCUT2D eigenvalue weighted by Gasteiger charge is 2.03. The van der Waals surface area contributed by atoms with Crippen molar-refractivity contribution >= 4 is 11.6 Å². The first-order valence-electron chi connectivity index (χ1n) is 8.00. The summed E-state index contributed by atoms with van der Waals surface area (Å²) in [5.74, 6) is 0.0778. The molecule has 0 saturated carbocycles. The van der Waals surface area contributed by atoms with E-state index in [1.807, 2.05) is 48.5 Å². The van der Waals surface area contributed by atoms with Crippen molar-refractivity contribution in [3.8, 4) is 0 Å². The molecule has 0 aromatic heterocycles. The highest BCUT2D eigenvalue weighted by Crippen LogP contribution is 2.11. The Bertz CT molecular complexity index is 608. The Kier molecular flexibility index (Phi) is 6.92. The van der Waals surface area contributed by atoms with Gasteiger partial charge >= 0.3 is 0 Å². The van der Waals surface area contributed by atoms with E-state index in [4.69, 9.17) is 0 Å². The van der Waals surface area contributed by atoms with Gasteiger partial charge in [-0.3, -0.25) is 4.79 Å². The zero-order valence-electron chi connectivity index (χ0n) is 13.4. The van der Waals surface area contributed by atoms with E-state index < -0.39 is 0 Å². The summed E-state index contributed by atoms with van der Waals surface area (Å²) in [6, 6.07) is 20.2.